The second-order valence-electron chi connectivity index (χ2n) is 8.21. The summed E-state index contributed by atoms with van der Waals surface area (Å²) in [4.78, 5) is 2.69. The lowest BCUT2D eigenvalue weighted by atomic mass is 9.98. The van der Waals surface area contributed by atoms with Crippen molar-refractivity contribution in [3.05, 3.63) is 88.5 Å². The van der Waals surface area contributed by atoms with Gasteiger partial charge in [0.1, 0.15) is 0 Å². The summed E-state index contributed by atoms with van der Waals surface area (Å²) >= 11 is 1.90. The van der Waals surface area contributed by atoms with Crippen LogP contribution in [0.3, 0.4) is 0 Å². The maximum Gasteiger partial charge on any atom is 0.178 e. The van der Waals surface area contributed by atoms with Crippen molar-refractivity contribution in [2.24, 2.45) is 0 Å². The molecule has 3 heterocycles. The Kier molecular flexibility index (Phi) is 4.28. The highest BCUT2D eigenvalue weighted by molar-refractivity contribution is 7.99. The van der Waals surface area contributed by atoms with E-state index in [2.05, 4.69) is 36.4 Å². The standard InChI is InChI=1S/C24H20O3S3/c25-29-22-8-7-17(21-12-16-3-1-2-4-20(16)28-21)11-19(22)13-23(29)18-6-5-15-9-10-30(26,27)24(15)14-18/h1-8,11,14,21,23H,9-10,12-13H2. The van der Waals surface area contributed by atoms with Crippen molar-refractivity contribution in [2.75, 3.05) is 5.75 Å². The summed E-state index contributed by atoms with van der Waals surface area (Å²) in [6.45, 7) is 0. The molecule has 0 bridgehead atoms. The number of hydrogen-bond acceptors (Lipinski definition) is 4. The van der Waals surface area contributed by atoms with E-state index in [4.69, 9.17) is 0 Å². The summed E-state index contributed by atoms with van der Waals surface area (Å²) in [7, 11) is -4.35. The molecule has 3 atom stereocenters. The Morgan fingerprint density at radius 1 is 0.867 bits per heavy atom. The molecule has 0 aliphatic carbocycles. The molecule has 0 spiro atoms. The predicted molar refractivity (Wildman–Crippen MR) is 120 cm³/mol. The minimum atomic E-state index is -3.19. The van der Waals surface area contributed by atoms with Crippen LogP contribution in [0.15, 0.2) is 75.4 Å². The number of thioether (sulfide) groups is 1. The van der Waals surface area contributed by atoms with Crippen molar-refractivity contribution in [3.8, 4) is 0 Å². The van der Waals surface area contributed by atoms with E-state index in [1.807, 2.05) is 30.0 Å². The first-order valence-electron chi connectivity index (χ1n) is 10.1. The normalized spacial score (nSPS) is 25.7. The molecule has 0 saturated carbocycles. The van der Waals surface area contributed by atoms with E-state index in [9.17, 15) is 12.6 Å². The van der Waals surface area contributed by atoms with Crippen molar-refractivity contribution < 1.29 is 12.6 Å². The van der Waals surface area contributed by atoms with Crippen LogP contribution in [0.5, 0.6) is 0 Å². The Hall–Kier alpha value is -1.89. The Morgan fingerprint density at radius 3 is 2.57 bits per heavy atom. The molecule has 152 valence electrons. The molecule has 0 amide bonds. The van der Waals surface area contributed by atoms with Crippen LogP contribution in [-0.4, -0.2) is 18.4 Å². The van der Waals surface area contributed by atoms with Gasteiger partial charge in [0, 0.05) is 15.0 Å². The van der Waals surface area contributed by atoms with Gasteiger partial charge in [-0.05, 0) is 65.3 Å². The summed E-state index contributed by atoms with van der Waals surface area (Å²) in [5.41, 5.74) is 5.58. The average molecular weight is 453 g/mol. The fourth-order valence-electron chi connectivity index (χ4n) is 4.82. The molecule has 3 aromatic rings. The molecular formula is C24H20O3S3. The van der Waals surface area contributed by atoms with Gasteiger partial charge in [-0.25, -0.2) is 8.42 Å². The van der Waals surface area contributed by atoms with Crippen LogP contribution >= 0.6 is 11.8 Å². The maximum absolute atomic E-state index is 13.2. The number of benzene rings is 3. The highest BCUT2D eigenvalue weighted by Crippen LogP contribution is 2.48. The zero-order chi connectivity index (χ0) is 20.5. The van der Waals surface area contributed by atoms with Gasteiger partial charge in [0.2, 0.25) is 0 Å². The van der Waals surface area contributed by atoms with Gasteiger partial charge in [0.15, 0.2) is 9.84 Å². The molecule has 30 heavy (non-hydrogen) atoms. The first kappa shape index (κ1) is 18.8. The molecule has 3 nitrogen and oxygen atoms in total. The SMILES string of the molecule is O=S1c2ccc(C3Cc4ccccc4S3)cc2CC1c1ccc2c(c1)S(=O)(=O)CC2. The van der Waals surface area contributed by atoms with Gasteiger partial charge in [-0.1, -0.05) is 42.5 Å². The van der Waals surface area contributed by atoms with Crippen LogP contribution in [0.4, 0.5) is 0 Å². The first-order valence-corrected chi connectivity index (χ1v) is 13.9. The second-order valence-corrected chi connectivity index (χ2v) is 13.1. The predicted octanol–water partition coefficient (Wildman–Crippen LogP) is 4.81. The molecule has 3 unspecified atom stereocenters. The van der Waals surface area contributed by atoms with E-state index >= 15 is 0 Å². The molecule has 0 N–H and O–H groups in total. The zero-order valence-corrected chi connectivity index (χ0v) is 18.7. The third kappa shape index (κ3) is 2.92. The largest absolute Gasteiger partial charge is 0.254 e. The second kappa shape index (κ2) is 6.81. The minimum absolute atomic E-state index is 0.176. The number of fused-ring (bicyclic) bond motifs is 3. The van der Waals surface area contributed by atoms with Crippen LogP contribution < -0.4 is 0 Å². The average Bonchev–Trinajstić information content (AvgIpc) is 3.41. The van der Waals surface area contributed by atoms with Crippen LogP contribution in [0, 0.1) is 0 Å². The summed E-state index contributed by atoms with van der Waals surface area (Å²) in [5, 5.41) is 0.218. The van der Waals surface area contributed by atoms with E-state index in [0.29, 0.717) is 23.0 Å². The van der Waals surface area contributed by atoms with Crippen molar-refractivity contribution in [1.29, 1.82) is 0 Å². The van der Waals surface area contributed by atoms with Gasteiger partial charge >= 0.3 is 0 Å². The molecule has 6 rings (SSSR count). The summed E-state index contributed by atoms with van der Waals surface area (Å²) in [6, 6.07) is 20.6. The lowest BCUT2D eigenvalue weighted by molar-refractivity contribution is 0.599. The Balaban J connectivity index is 1.31. The third-order valence-electron chi connectivity index (χ3n) is 6.42. The Labute approximate surface area is 183 Å². The summed E-state index contributed by atoms with van der Waals surface area (Å²) < 4.78 is 37.9. The highest BCUT2D eigenvalue weighted by Gasteiger charge is 2.34. The van der Waals surface area contributed by atoms with Crippen LogP contribution in [0.1, 0.15) is 38.3 Å². The van der Waals surface area contributed by atoms with Crippen molar-refractivity contribution in [1.82, 2.24) is 0 Å². The number of aryl methyl sites for hydroxylation is 1. The highest BCUT2D eigenvalue weighted by atomic mass is 32.2. The van der Waals surface area contributed by atoms with Gasteiger partial charge < -0.3 is 0 Å². The lowest BCUT2D eigenvalue weighted by Crippen LogP contribution is -2.04. The summed E-state index contributed by atoms with van der Waals surface area (Å²) in [6.07, 6.45) is 2.30. The van der Waals surface area contributed by atoms with E-state index in [0.717, 1.165) is 28.0 Å². The van der Waals surface area contributed by atoms with E-state index in [1.54, 1.807) is 6.07 Å². The first-order chi connectivity index (χ1) is 14.5. The monoisotopic (exact) mass is 452 g/mol. The molecule has 3 aliphatic heterocycles. The molecular weight excluding hydrogens is 432 g/mol. The molecule has 0 aromatic heterocycles. The van der Waals surface area contributed by atoms with Crippen LogP contribution in [0.25, 0.3) is 0 Å². The fourth-order valence-corrected chi connectivity index (χ4v) is 9.36. The van der Waals surface area contributed by atoms with Gasteiger partial charge in [-0.3, -0.25) is 4.21 Å². The van der Waals surface area contributed by atoms with E-state index in [1.165, 1.54) is 16.0 Å². The quantitative estimate of drug-likeness (QED) is 0.560. The van der Waals surface area contributed by atoms with Crippen LogP contribution in [-0.2, 0) is 39.9 Å². The van der Waals surface area contributed by atoms with Crippen molar-refractivity contribution >= 4 is 32.4 Å². The van der Waals surface area contributed by atoms with Gasteiger partial charge in [0.05, 0.1) is 26.7 Å². The van der Waals surface area contributed by atoms with Crippen LogP contribution in [0.2, 0.25) is 0 Å². The smallest absolute Gasteiger partial charge is 0.178 e. The number of rotatable bonds is 2. The molecule has 0 radical (unpaired) electrons. The number of sulfone groups is 1. The van der Waals surface area contributed by atoms with E-state index < -0.39 is 20.6 Å². The molecule has 3 aliphatic rings. The minimum Gasteiger partial charge on any atom is -0.254 e. The third-order valence-corrected chi connectivity index (χ3v) is 11.4. The molecule has 0 saturated heterocycles. The Morgan fingerprint density at radius 2 is 1.70 bits per heavy atom. The van der Waals surface area contributed by atoms with Crippen molar-refractivity contribution in [3.63, 3.8) is 0 Å². The fraction of sp³-hybridized carbons (Fsp3) is 0.250. The Bertz CT molecular complexity index is 1300. The van der Waals surface area contributed by atoms with Gasteiger partial charge in [0.25, 0.3) is 0 Å². The molecule has 3 aromatic carbocycles. The van der Waals surface area contributed by atoms with Gasteiger partial charge in [-0.2, -0.15) is 0 Å². The van der Waals surface area contributed by atoms with E-state index in [-0.39, 0.29) is 11.0 Å². The summed E-state index contributed by atoms with van der Waals surface area (Å²) in [5.74, 6) is 0.185. The lowest BCUT2D eigenvalue weighted by Gasteiger charge is -2.10. The van der Waals surface area contributed by atoms with Crippen molar-refractivity contribution in [2.45, 2.75) is 44.4 Å². The maximum atomic E-state index is 13.2. The zero-order valence-electron chi connectivity index (χ0n) is 16.2. The molecule has 0 fully saturated rings. The number of hydrogen-bond donors (Lipinski definition) is 0. The molecule has 6 heteroatoms. The topological polar surface area (TPSA) is 51.2 Å². The van der Waals surface area contributed by atoms with Gasteiger partial charge in [-0.15, -0.1) is 11.8 Å².